The van der Waals surface area contributed by atoms with Crippen LogP contribution in [0.3, 0.4) is 0 Å². The molecule has 0 bridgehead atoms. The van der Waals surface area contributed by atoms with E-state index in [0.29, 0.717) is 25.9 Å². The van der Waals surface area contributed by atoms with Gasteiger partial charge in [-0.3, -0.25) is 0 Å². The van der Waals surface area contributed by atoms with Crippen LogP contribution in [0.5, 0.6) is 0 Å². The van der Waals surface area contributed by atoms with Gasteiger partial charge in [-0.2, -0.15) is 0 Å². The first-order chi connectivity index (χ1) is 9.73. The Morgan fingerprint density at radius 1 is 1.29 bits per heavy atom. The van der Waals surface area contributed by atoms with Crippen LogP contribution in [-0.4, -0.2) is 48.4 Å². The lowest BCUT2D eigenvalue weighted by Crippen LogP contribution is -2.42. The second-order valence-corrected chi connectivity index (χ2v) is 6.37. The maximum atomic E-state index is 13.7. The summed E-state index contributed by atoms with van der Waals surface area (Å²) in [6, 6.07) is 0. The third kappa shape index (κ3) is 6.31. The summed E-state index contributed by atoms with van der Waals surface area (Å²) in [4.78, 5) is 24.8. The highest BCUT2D eigenvalue weighted by molar-refractivity contribution is 5.74. The fourth-order valence-electron chi connectivity index (χ4n) is 2.30. The summed E-state index contributed by atoms with van der Waals surface area (Å²) in [6.07, 6.45) is -0.370. The van der Waals surface area contributed by atoms with Crippen molar-refractivity contribution in [2.75, 3.05) is 19.7 Å². The van der Waals surface area contributed by atoms with Crippen LogP contribution in [0.4, 0.5) is 9.18 Å². The second kappa shape index (κ2) is 7.61. The molecule has 5 nitrogen and oxygen atoms in total. The van der Waals surface area contributed by atoms with Crippen molar-refractivity contribution in [3.63, 3.8) is 0 Å². The Morgan fingerprint density at radius 3 is 2.33 bits per heavy atom. The molecule has 1 saturated heterocycles. The van der Waals surface area contributed by atoms with E-state index < -0.39 is 17.7 Å². The molecule has 0 aromatic carbocycles. The summed E-state index contributed by atoms with van der Waals surface area (Å²) in [5.74, 6) is -0.685. The zero-order valence-corrected chi connectivity index (χ0v) is 13.4. The van der Waals surface area contributed by atoms with Crippen molar-refractivity contribution in [2.24, 2.45) is 5.92 Å². The lowest BCUT2D eigenvalue weighted by Gasteiger charge is -2.33. The van der Waals surface area contributed by atoms with Crippen LogP contribution < -0.4 is 0 Å². The van der Waals surface area contributed by atoms with Gasteiger partial charge in [0.05, 0.1) is 6.61 Å². The number of nitrogens with zero attached hydrogens (tertiary/aromatic N) is 1. The molecule has 1 rings (SSSR count). The molecular weight excluding hydrogens is 277 g/mol. The van der Waals surface area contributed by atoms with Gasteiger partial charge in [0.1, 0.15) is 5.60 Å². The van der Waals surface area contributed by atoms with Gasteiger partial charge in [0.25, 0.3) is 0 Å². The van der Waals surface area contributed by atoms with Crippen LogP contribution in [0.25, 0.3) is 0 Å². The maximum absolute atomic E-state index is 13.7. The number of rotatable bonds is 4. The predicted molar refractivity (Wildman–Crippen MR) is 76.7 cm³/mol. The van der Waals surface area contributed by atoms with E-state index in [1.165, 1.54) is 0 Å². The predicted octanol–water partition coefficient (Wildman–Crippen LogP) is 2.92. The summed E-state index contributed by atoms with van der Waals surface area (Å²) >= 11 is 0. The standard InChI is InChI=1S/C15H26FNO4/c1-5-20-13(18)12(16)10-11-6-8-17(9-7-11)14(19)21-15(2,3)4/h11-12H,5-10H2,1-4H3. The van der Waals surface area contributed by atoms with Crippen molar-refractivity contribution < 1.29 is 23.5 Å². The normalized spacial score (nSPS) is 18.2. The number of likely N-dealkylation sites (tertiary alicyclic amines) is 1. The molecule has 0 aliphatic carbocycles. The van der Waals surface area contributed by atoms with Crippen molar-refractivity contribution in [1.82, 2.24) is 4.90 Å². The summed E-state index contributed by atoms with van der Waals surface area (Å²) in [5, 5.41) is 0. The third-order valence-electron chi connectivity index (χ3n) is 3.35. The monoisotopic (exact) mass is 303 g/mol. The number of hydrogen-bond donors (Lipinski definition) is 0. The van der Waals surface area contributed by atoms with Gasteiger partial charge in [-0.15, -0.1) is 0 Å². The number of carbonyl (C=O) groups is 2. The Kier molecular flexibility index (Phi) is 6.42. The Morgan fingerprint density at radius 2 is 1.86 bits per heavy atom. The number of halogens is 1. The second-order valence-electron chi connectivity index (χ2n) is 6.37. The van der Waals surface area contributed by atoms with Crippen LogP contribution in [0.1, 0.15) is 47.0 Å². The SMILES string of the molecule is CCOC(=O)C(F)CC1CCN(C(=O)OC(C)(C)C)CC1. The minimum absolute atomic E-state index is 0.100. The maximum Gasteiger partial charge on any atom is 0.410 e. The first-order valence-corrected chi connectivity index (χ1v) is 7.51. The largest absolute Gasteiger partial charge is 0.464 e. The number of carbonyl (C=O) groups excluding carboxylic acids is 2. The molecule has 1 amide bonds. The highest BCUT2D eigenvalue weighted by atomic mass is 19.1. The molecule has 1 fully saturated rings. The number of amides is 1. The van der Waals surface area contributed by atoms with Crippen molar-refractivity contribution in [2.45, 2.75) is 58.7 Å². The van der Waals surface area contributed by atoms with Gasteiger partial charge in [0, 0.05) is 13.1 Å². The van der Waals surface area contributed by atoms with E-state index in [4.69, 9.17) is 4.74 Å². The lowest BCUT2D eigenvalue weighted by molar-refractivity contribution is -0.149. The third-order valence-corrected chi connectivity index (χ3v) is 3.35. The fraction of sp³-hybridized carbons (Fsp3) is 0.867. The van der Waals surface area contributed by atoms with E-state index in [0.717, 1.165) is 0 Å². The van der Waals surface area contributed by atoms with Crippen LogP contribution in [0.15, 0.2) is 0 Å². The summed E-state index contributed by atoms with van der Waals surface area (Å²) in [5.41, 5.74) is -0.512. The first-order valence-electron chi connectivity index (χ1n) is 7.51. The molecule has 21 heavy (non-hydrogen) atoms. The Bertz CT molecular complexity index is 359. The van der Waals surface area contributed by atoms with E-state index in [1.807, 2.05) is 20.8 Å². The number of esters is 1. The van der Waals surface area contributed by atoms with Crippen LogP contribution in [0, 0.1) is 5.92 Å². The van der Waals surface area contributed by atoms with Gasteiger partial charge in [0.2, 0.25) is 0 Å². The molecule has 1 atom stereocenters. The van der Waals surface area contributed by atoms with Crippen LogP contribution in [0.2, 0.25) is 0 Å². The zero-order chi connectivity index (χ0) is 16.0. The highest BCUT2D eigenvalue weighted by Crippen LogP contribution is 2.24. The molecule has 0 spiro atoms. The Balaban J connectivity index is 2.35. The summed E-state index contributed by atoms with van der Waals surface area (Å²) < 4.78 is 23.6. The van der Waals surface area contributed by atoms with Crippen molar-refractivity contribution >= 4 is 12.1 Å². The van der Waals surface area contributed by atoms with Gasteiger partial charge in [-0.05, 0) is 52.9 Å². The molecule has 0 saturated carbocycles. The number of alkyl halides is 1. The van der Waals surface area contributed by atoms with E-state index in [-0.39, 0.29) is 25.0 Å². The number of hydrogen-bond acceptors (Lipinski definition) is 4. The van der Waals surface area contributed by atoms with Crippen molar-refractivity contribution in [3.8, 4) is 0 Å². The topological polar surface area (TPSA) is 55.8 Å². The van der Waals surface area contributed by atoms with Crippen LogP contribution in [-0.2, 0) is 14.3 Å². The van der Waals surface area contributed by atoms with E-state index in [2.05, 4.69) is 4.74 Å². The Hall–Kier alpha value is -1.33. The average molecular weight is 303 g/mol. The molecule has 0 radical (unpaired) electrons. The molecule has 122 valence electrons. The molecule has 6 heteroatoms. The molecule has 1 heterocycles. The quantitative estimate of drug-likeness (QED) is 0.749. The smallest absolute Gasteiger partial charge is 0.410 e. The van der Waals surface area contributed by atoms with Gasteiger partial charge in [-0.1, -0.05) is 0 Å². The average Bonchev–Trinajstić information content (AvgIpc) is 2.37. The molecule has 0 aromatic heterocycles. The van der Waals surface area contributed by atoms with E-state index >= 15 is 0 Å². The van der Waals surface area contributed by atoms with Gasteiger partial charge in [0.15, 0.2) is 6.17 Å². The van der Waals surface area contributed by atoms with Crippen molar-refractivity contribution in [1.29, 1.82) is 0 Å². The molecule has 1 aliphatic heterocycles. The van der Waals surface area contributed by atoms with Gasteiger partial charge >= 0.3 is 12.1 Å². The van der Waals surface area contributed by atoms with Gasteiger partial charge in [-0.25, -0.2) is 14.0 Å². The molecule has 0 N–H and O–H groups in total. The Labute approximate surface area is 125 Å². The molecule has 1 aliphatic rings. The molecular formula is C15H26FNO4. The first kappa shape index (κ1) is 17.7. The van der Waals surface area contributed by atoms with Crippen LogP contribution >= 0.6 is 0 Å². The fourth-order valence-corrected chi connectivity index (χ4v) is 2.30. The summed E-state index contributed by atoms with van der Waals surface area (Å²) in [7, 11) is 0. The number of ether oxygens (including phenoxy) is 2. The van der Waals surface area contributed by atoms with Gasteiger partial charge < -0.3 is 14.4 Å². The van der Waals surface area contributed by atoms with E-state index in [1.54, 1.807) is 11.8 Å². The highest BCUT2D eigenvalue weighted by Gasteiger charge is 2.30. The van der Waals surface area contributed by atoms with Crippen molar-refractivity contribution in [3.05, 3.63) is 0 Å². The van der Waals surface area contributed by atoms with E-state index in [9.17, 15) is 14.0 Å². The molecule has 0 aromatic rings. The minimum Gasteiger partial charge on any atom is -0.464 e. The number of piperidine rings is 1. The summed E-state index contributed by atoms with van der Waals surface area (Å²) in [6.45, 7) is 8.39. The zero-order valence-electron chi connectivity index (χ0n) is 13.4. The lowest BCUT2D eigenvalue weighted by atomic mass is 9.91. The molecule has 1 unspecified atom stereocenters. The minimum atomic E-state index is -1.57.